The molecular formula is C9H14N2O2. The number of rotatable bonds is 3. The summed E-state index contributed by atoms with van der Waals surface area (Å²) in [4.78, 5) is 13.6. The molecule has 1 aromatic rings. The smallest absolute Gasteiger partial charge is 0.250 e. The Morgan fingerprint density at radius 1 is 1.62 bits per heavy atom. The Kier molecular flexibility index (Phi) is 3.08. The lowest BCUT2D eigenvalue weighted by atomic mass is 10.3. The van der Waals surface area contributed by atoms with Crippen LogP contribution < -0.4 is 10.9 Å². The molecule has 3 N–H and O–H groups in total. The van der Waals surface area contributed by atoms with Crippen LogP contribution in [0.4, 0.5) is 5.69 Å². The van der Waals surface area contributed by atoms with Crippen LogP contribution in [-0.2, 0) is 0 Å². The first-order valence-corrected chi connectivity index (χ1v) is 4.21. The Morgan fingerprint density at radius 2 is 2.31 bits per heavy atom. The van der Waals surface area contributed by atoms with Crippen molar-refractivity contribution in [3.63, 3.8) is 0 Å². The summed E-state index contributed by atoms with van der Waals surface area (Å²) in [6, 6.07) is 3.29. The fraction of sp³-hybridized carbons (Fsp3) is 0.444. The molecule has 0 fully saturated rings. The number of aliphatic hydroxyl groups is 1. The van der Waals surface area contributed by atoms with Crippen LogP contribution in [0.25, 0.3) is 0 Å². The molecule has 0 spiro atoms. The van der Waals surface area contributed by atoms with Crippen molar-refractivity contribution >= 4 is 5.69 Å². The van der Waals surface area contributed by atoms with Crippen LogP contribution in [0.15, 0.2) is 16.9 Å². The van der Waals surface area contributed by atoms with Crippen LogP contribution in [0.1, 0.15) is 12.6 Å². The van der Waals surface area contributed by atoms with Gasteiger partial charge in [0.1, 0.15) is 0 Å². The summed E-state index contributed by atoms with van der Waals surface area (Å²) in [5.41, 5.74) is 1.41. The summed E-state index contributed by atoms with van der Waals surface area (Å²) in [6.45, 7) is 3.95. The molecule has 0 aliphatic rings. The molecule has 1 unspecified atom stereocenters. The van der Waals surface area contributed by atoms with Crippen LogP contribution in [0.3, 0.4) is 0 Å². The molecule has 0 aliphatic carbocycles. The van der Waals surface area contributed by atoms with Crippen molar-refractivity contribution < 1.29 is 5.11 Å². The van der Waals surface area contributed by atoms with E-state index in [1.165, 1.54) is 6.07 Å². The number of aliphatic hydroxyl groups excluding tert-OH is 1. The van der Waals surface area contributed by atoms with Gasteiger partial charge in [0.25, 0.3) is 0 Å². The number of aromatic amines is 1. The fourth-order valence-corrected chi connectivity index (χ4v) is 1.05. The maximum absolute atomic E-state index is 11.0. The van der Waals surface area contributed by atoms with Crippen molar-refractivity contribution in [2.75, 3.05) is 11.9 Å². The van der Waals surface area contributed by atoms with Gasteiger partial charge >= 0.3 is 0 Å². The van der Waals surface area contributed by atoms with Crippen LogP contribution in [0.2, 0.25) is 0 Å². The number of pyridine rings is 1. The van der Waals surface area contributed by atoms with E-state index in [-0.39, 0.29) is 5.56 Å². The van der Waals surface area contributed by atoms with Crippen molar-refractivity contribution in [1.82, 2.24) is 4.98 Å². The van der Waals surface area contributed by atoms with Gasteiger partial charge in [-0.05, 0) is 19.9 Å². The third-order valence-corrected chi connectivity index (χ3v) is 1.58. The van der Waals surface area contributed by atoms with E-state index in [9.17, 15) is 4.79 Å². The van der Waals surface area contributed by atoms with Gasteiger partial charge in [0.2, 0.25) is 5.56 Å². The molecule has 4 nitrogen and oxygen atoms in total. The van der Waals surface area contributed by atoms with Crippen molar-refractivity contribution in [2.45, 2.75) is 20.0 Å². The van der Waals surface area contributed by atoms with Crippen LogP contribution in [-0.4, -0.2) is 22.7 Å². The van der Waals surface area contributed by atoms with Gasteiger partial charge in [-0.15, -0.1) is 0 Å². The Balaban J connectivity index is 2.72. The van der Waals surface area contributed by atoms with Crippen LogP contribution >= 0.6 is 0 Å². The van der Waals surface area contributed by atoms with Gasteiger partial charge in [-0.25, -0.2) is 0 Å². The third-order valence-electron chi connectivity index (χ3n) is 1.58. The maximum Gasteiger partial charge on any atom is 0.250 e. The summed E-state index contributed by atoms with van der Waals surface area (Å²) in [6.07, 6.45) is -0.417. The highest BCUT2D eigenvalue weighted by Crippen LogP contribution is 2.03. The Morgan fingerprint density at radius 3 is 2.85 bits per heavy atom. The van der Waals surface area contributed by atoms with Gasteiger partial charge in [-0.2, -0.15) is 0 Å². The quantitative estimate of drug-likeness (QED) is 0.637. The predicted octanol–water partition coefficient (Wildman–Crippen LogP) is 0.476. The van der Waals surface area contributed by atoms with E-state index in [0.29, 0.717) is 6.54 Å². The van der Waals surface area contributed by atoms with E-state index in [2.05, 4.69) is 10.3 Å². The Bertz CT molecular complexity index is 331. The zero-order valence-electron chi connectivity index (χ0n) is 7.79. The minimum atomic E-state index is -0.417. The van der Waals surface area contributed by atoms with Gasteiger partial charge in [0.05, 0.1) is 6.10 Å². The van der Waals surface area contributed by atoms with E-state index in [1.54, 1.807) is 6.92 Å². The van der Waals surface area contributed by atoms with Crippen LogP contribution in [0, 0.1) is 6.92 Å². The predicted molar refractivity (Wildman–Crippen MR) is 52.0 cm³/mol. The minimum absolute atomic E-state index is 0.131. The topological polar surface area (TPSA) is 65.1 Å². The molecular weight excluding hydrogens is 168 g/mol. The molecule has 1 heterocycles. The Labute approximate surface area is 76.6 Å². The fourth-order valence-electron chi connectivity index (χ4n) is 1.05. The maximum atomic E-state index is 11.0. The molecule has 1 aromatic heterocycles. The van der Waals surface area contributed by atoms with Gasteiger partial charge in [0, 0.05) is 24.0 Å². The van der Waals surface area contributed by atoms with Gasteiger partial charge in [-0.3, -0.25) is 4.79 Å². The average molecular weight is 182 g/mol. The summed E-state index contributed by atoms with van der Waals surface area (Å²) in [7, 11) is 0. The van der Waals surface area contributed by atoms with E-state index in [4.69, 9.17) is 5.11 Å². The summed E-state index contributed by atoms with van der Waals surface area (Å²) >= 11 is 0. The number of aromatic nitrogens is 1. The van der Waals surface area contributed by atoms with Crippen molar-refractivity contribution in [1.29, 1.82) is 0 Å². The standard InChI is InChI=1S/C9H14N2O2/c1-6-3-8(4-9(13)11-6)10-5-7(2)12/h3-4,7,12H,5H2,1-2H3,(H2,10,11,13). The average Bonchev–Trinajstić information content (AvgIpc) is 1.99. The molecule has 0 radical (unpaired) electrons. The zero-order chi connectivity index (χ0) is 9.84. The van der Waals surface area contributed by atoms with Gasteiger partial charge in [-0.1, -0.05) is 0 Å². The second-order valence-corrected chi connectivity index (χ2v) is 3.15. The van der Waals surface area contributed by atoms with E-state index < -0.39 is 6.10 Å². The van der Waals surface area contributed by atoms with E-state index in [0.717, 1.165) is 11.4 Å². The van der Waals surface area contributed by atoms with E-state index in [1.807, 2.05) is 13.0 Å². The molecule has 0 saturated carbocycles. The highest BCUT2D eigenvalue weighted by atomic mass is 16.3. The number of aryl methyl sites for hydroxylation is 1. The van der Waals surface area contributed by atoms with Crippen LogP contribution in [0.5, 0.6) is 0 Å². The normalized spacial score (nSPS) is 12.5. The lowest BCUT2D eigenvalue weighted by molar-refractivity contribution is 0.208. The molecule has 4 heteroatoms. The first-order chi connectivity index (χ1) is 6.08. The second-order valence-electron chi connectivity index (χ2n) is 3.15. The largest absolute Gasteiger partial charge is 0.392 e. The summed E-state index contributed by atoms with van der Waals surface area (Å²) in [5, 5.41) is 12.0. The number of hydrogen-bond donors (Lipinski definition) is 3. The number of anilines is 1. The molecule has 1 atom stereocenters. The molecule has 0 saturated heterocycles. The van der Waals surface area contributed by atoms with Crippen molar-refractivity contribution in [3.05, 3.63) is 28.2 Å². The van der Waals surface area contributed by atoms with E-state index >= 15 is 0 Å². The van der Waals surface area contributed by atoms with Crippen molar-refractivity contribution in [3.8, 4) is 0 Å². The highest BCUT2D eigenvalue weighted by Gasteiger charge is 1.97. The summed E-state index contributed by atoms with van der Waals surface area (Å²) in [5.74, 6) is 0. The molecule has 1 rings (SSSR count). The lowest BCUT2D eigenvalue weighted by Crippen LogP contribution is -2.17. The molecule has 0 amide bonds. The molecule has 0 aromatic carbocycles. The lowest BCUT2D eigenvalue weighted by Gasteiger charge is -2.08. The molecule has 0 bridgehead atoms. The summed E-state index contributed by atoms with van der Waals surface area (Å²) < 4.78 is 0. The molecule has 0 aliphatic heterocycles. The number of nitrogens with one attached hydrogen (secondary N) is 2. The van der Waals surface area contributed by atoms with Crippen molar-refractivity contribution in [2.24, 2.45) is 0 Å². The monoisotopic (exact) mass is 182 g/mol. The number of H-pyrrole nitrogens is 1. The first-order valence-electron chi connectivity index (χ1n) is 4.21. The number of hydrogen-bond acceptors (Lipinski definition) is 3. The van der Waals surface area contributed by atoms with Gasteiger partial charge < -0.3 is 15.4 Å². The molecule has 13 heavy (non-hydrogen) atoms. The Hall–Kier alpha value is -1.29. The minimum Gasteiger partial charge on any atom is -0.392 e. The second kappa shape index (κ2) is 4.09. The third kappa shape index (κ3) is 3.29. The molecule has 72 valence electrons. The highest BCUT2D eigenvalue weighted by molar-refractivity contribution is 5.42. The SMILES string of the molecule is Cc1cc(NCC(C)O)cc(=O)[nH]1. The van der Waals surface area contributed by atoms with Gasteiger partial charge in [0.15, 0.2) is 0 Å². The first kappa shape index (κ1) is 9.80. The zero-order valence-corrected chi connectivity index (χ0v) is 7.79.